The highest BCUT2D eigenvalue weighted by Gasteiger charge is 2.52. The summed E-state index contributed by atoms with van der Waals surface area (Å²) in [6.07, 6.45) is 7.57. The summed E-state index contributed by atoms with van der Waals surface area (Å²) >= 11 is 0. The molecule has 2 aliphatic heterocycles. The number of carbonyl (C=O) groups excluding carboxylic acids is 2. The predicted octanol–water partition coefficient (Wildman–Crippen LogP) is 4.26. The standard InChI is InChI=1S/C26H25N3O3/c1-3-5-13-28-25(30)22-16-20-19-11-6-7-12-21(19)27-23(20)24(29(22)26(28)31)17-9-8-10-18(15-17)32-14-4-2/h2,6-12,15,22,24,27H,3,5,13-14,16H2,1H3/t22-,24+/m0/s1. The number of imide groups is 1. The quantitative estimate of drug-likeness (QED) is 0.472. The van der Waals surface area contributed by atoms with Crippen LogP contribution in [0.4, 0.5) is 4.79 Å². The molecule has 6 nitrogen and oxygen atoms in total. The van der Waals surface area contributed by atoms with Gasteiger partial charge in [0.05, 0.1) is 0 Å². The van der Waals surface area contributed by atoms with Gasteiger partial charge in [0.15, 0.2) is 0 Å². The van der Waals surface area contributed by atoms with Gasteiger partial charge in [-0.15, -0.1) is 6.42 Å². The molecule has 32 heavy (non-hydrogen) atoms. The second-order valence-corrected chi connectivity index (χ2v) is 8.28. The fourth-order valence-electron chi connectivity index (χ4n) is 4.90. The largest absolute Gasteiger partial charge is 0.481 e. The number of fused-ring (bicyclic) bond motifs is 4. The molecular weight excluding hydrogens is 402 g/mol. The van der Waals surface area contributed by atoms with E-state index in [0.29, 0.717) is 18.7 Å². The lowest BCUT2D eigenvalue weighted by molar-refractivity contribution is -0.128. The molecule has 0 radical (unpaired) electrons. The van der Waals surface area contributed by atoms with Gasteiger partial charge >= 0.3 is 6.03 Å². The topological polar surface area (TPSA) is 65.6 Å². The maximum Gasteiger partial charge on any atom is 0.328 e. The van der Waals surface area contributed by atoms with Crippen LogP contribution in [0.2, 0.25) is 0 Å². The number of carbonyl (C=O) groups is 2. The first-order chi connectivity index (χ1) is 15.6. The molecule has 0 aliphatic carbocycles. The second kappa shape index (κ2) is 8.08. The number of terminal acetylenes is 1. The summed E-state index contributed by atoms with van der Waals surface area (Å²) < 4.78 is 5.64. The van der Waals surface area contributed by atoms with Gasteiger partial charge in [-0.1, -0.05) is 49.6 Å². The van der Waals surface area contributed by atoms with E-state index in [1.165, 1.54) is 4.90 Å². The molecule has 0 saturated carbocycles. The van der Waals surface area contributed by atoms with Crippen molar-refractivity contribution in [2.24, 2.45) is 0 Å². The zero-order valence-corrected chi connectivity index (χ0v) is 18.0. The number of para-hydroxylation sites is 1. The van der Waals surface area contributed by atoms with Crippen LogP contribution in [-0.2, 0) is 11.2 Å². The van der Waals surface area contributed by atoms with Crippen molar-refractivity contribution in [2.45, 2.75) is 38.3 Å². The van der Waals surface area contributed by atoms with E-state index in [2.05, 4.69) is 23.9 Å². The molecule has 0 bridgehead atoms. The van der Waals surface area contributed by atoms with E-state index in [-0.39, 0.29) is 18.5 Å². The molecule has 2 aliphatic rings. The minimum absolute atomic E-state index is 0.107. The average molecular weight is 428 g/mol. The first-order valence-electron chi connectivity index (χ1n) is 11.0. The summed E-state index contributed by atoms with van der Waals surface area (Å²) in [6.45, 7) is 2.67. The Kier molecular flexibility index (Phi) is 5.10. The van der Waals surface area contributed by atoms with E-state index in [1.807, 2.05) is 42.5 Å². The molecule has 3 heterocycles. The number of ether oxygens (including phenoxy) is 1. The Bertz CT molecular complexity index is 1240. The minimum Gasteiger partial charge on any atom is -0.481 e. The van der Waals surface area contributed by atoms with Gasteiger partial charge in [-0.25, -0.2) is 4.79 Å². The van der Waals surface area contributed by atoms with Crippen LogP contribution >= 0.6 is 0 Å². The number of hydrogen-bond acceptors (Lipinski definition) is 3. The number of nitrogens with zero attached hydrogens (tertiary/aromatic N) is 2. The molecule has 0 spiro atoms. The van der Waals surface area contributed by atoms with E-state index in [0.717, 1.165) is 40.6 Å². The number of H-pyrrole nitrogens is 1. The Morgan fingerprint density at radius 1 is 1.19 bits per heavy atom. The van der Waals surface area contributed by atoms with Crippen molar-refractivity contribution in [3.63, 3.8) is 0 Å². The molecule has 0 unspecified atom stereocenters. The highest BCUT2D eigenvalue weighted by atomic mass is 16.5. The summed E-state index contributed by atoms with van der Waals surface area (Å²) in [5.41, 5.74) is 3.94. The van der Waals surface area contributed by atoms with Crippen molar-refractivity contribution >= 4 is 22.8 Å². The molecule has 162 valence electrons. The second-order valence-electron chi connectivity index (χ2n) is 8.28. The number of urea groups is 1. The molecule has 3 amide bonds. The average Bonchev–Trinajstić information content (AvgIpc) is 3.30. The summed E-state index contributed by atoms with van der Waals surface area (Å²) in [4.78, 5) is 33.5. The monoisotopic (exact) mass is 427 g/mol. The van der Waals surface area contributed by atoms with Gasteiger partial charge in [-0.3, -0.25) is 14.6 Å². The van der Waals surface area contributed by atoms with Crippen molar-refractivity contribution < 1.29 is 14.3 Å². The molecule has 3 aromatic rings. The van der Waals surface area contributed by atoms with E-state index in [9.17, 15) is 9.59 Å². The Balaban J connectivity index is 1.65. The zero-order chi connectivity index (χ0) is 22.2. The zero-order valence-electron chi connectivity index (χ0n) is 18.0. The number of rotatable bonds is 6. The van der Waals surface area contributed by atoms with Crippen LogP contribution in [0.1, 0.15) is 42.6 Å². The molecule has 5 rings (SSSR count). The molecule has 1 saturated heterocycles. The first-order valence-corrected chi connectivity index (χ1v) is 11.0. The fraction of sp³-hybridized carbons (Fsp3) is 0.308. The first kappa shape index (κ1) is 20.2. The molecule has 2 atom stereocenters. The van der Waals surface area contributed by atoms with Crippen molar-refractivity contribution in [1.82, 2.24) is 14.8 Å². The molecule has 6 heteroatoms. The number of unbranched alkanes of at least 4 members (excludes halogenated alkanes) is 1. The van der Waals surface area contributed by atoms with Crippen LogP contribution in [0.25, 0.3) is 10.9 Å². The Morgan fingerprint density at radius 3 is 2.84 bits per heavy atom. The predicted molar refractivity (Wildman–Crippen MR) is 122 cm³/mol. The van der Waals surface area contributed by atoms with Crippen molar-refractivity contribution in [3.05, 3.63) is 65.4 Å². The molecule has 2 aromatic carbocycles. The summed E-state index contributed by atoms with van der Waals surface area (Å²) in [7, 11) is 0. The molecule has 1 N–H and O–H groups in total. The maximum absolute atomic E-state index is 13.5. The van der Waals surface area contributed by atoms with Crippen LogP contribution in [0, 0.1) is 12.3 Å². The molecule has 1 aromatic heterocycles. The lowest BCUT2D eigenvalue weighted by Crippen LogP contribution is -2.44. The Labute approximate surface area is 187 Å². The summed E-state index contributed by atoms with van der Waals surface area (Å²) in [5, 5.41) is 1.10. The van der Waals surface area contributed by atoms with Crippen LogP contribution in [0.5, 0.6) is 5.75 Å². The van der Waals surface area contributed by atoms with Gasteiger partial charge in [0.1, 0.15) is 24.4 Å². The van der Waals surface area contributed by atoms with Crippen LogP contribution in [0.3, 0.4) is 0 Å². The highest BCUT2D eigenvalue weighted by Crippen LogP contribution is 2.44. The third-order valence-corrected chi connectivity index (χ3v) is 6.37. The van der Waals surface area contributed by atoms with E-state index in [1.54, 1.807) is 4.90 Å². The van der Waals surface area contributed by atoms with Crippen molar-refractivity contribution in [1.29, 1.82) is 0 Å². The van der Waals surface area contributed by atoms with Gasteiger partial charge in [-0.2, -0.15) is 0 Å². The van der Waals surface area contributed by atoms with Gasteiger partial charge in [0.2, 0.25) is 0 Å². The molecular formula is C26H25N3O3. The number of aromatic amines is 1. The number of aromatic nitrogens is 1. The Hall–Kier alpha value is -3.72. The van der Waals surface area contributed by atoms with E-state index >= 15 is 0 Å². The Morgan fingerprint density at radius 2 is 2.03 bits per heavy atom. The SMILES string of the molecule is C#CCOc1cccc([C@@H]2c3[nH]c4ccccc4c3C[C@H]3C(=O)N(CCCC)C(=O)N23)c1. The van der Waals surface area contributed by atoms with Gasteiger partial charge in [0.25, 0.3) is 5.91 Å². The lowest BCUT2D eigenvalue weighted by atomic mass is 9.89. The van der Waals surface area contributed by atoms with Crippen LogP contribution in [0.15, 0.2) is 48.5 Å². The summed E-state index contributed by atoms with van der Waals surface area (Å²) in [5.74, 6) is 3.01. The minimum atomic E-state index is -0.508. The highest BCUT2D eigenvalue weighted by molar-refractivity contribution is 6.05. The van der Waals surface area contributed by atoms with E-state index < -0.39 is 12.1 Å². The van der Waals surface area contributed by atoms with Crippen molar-refractivity contribution in [2.75, 3.05) is 13.2 Å². The van der Waals surface area contributed by atoms with Gasteiger partial charge in [-0.05, 0) is 35.7 Å². The normalized spacial score (nSPS) is 19.8. The third-order valence-electron chi connectivity index (χ3n) is 6.37. The maximum atomic E-state index is 13.5. The van der Waals surface area contributed by atoms with Crippen LogP contribution < -0.4 is 4.74 Å². The fourth-order valence-corrected chi connectivity index (χ4v) is 4.90. The molecule has 1 fully saturated rings. The number of benzene rings is 2. The number of amides is 3. The number of nitrogens with one attached hydrogen (secondary N) is 1. The lowest BCUT2D eigenvalue weighted by Gasteiger charge is -2.36. The van der Waals surface area contributed by atoms with Gasteiger partial charge in [0, 0.05) is 29.6 Å². The van der Waals surface area contributed by atoms with Gasteiger partial charge < -0.3 is 9.72 Å². The number of hydrogen-bond donors (Lipinski definition) is 1. The summed E-state index contributed by atoms with van der Waals surface area (Å²) in [6, 6.07) is 14.6. The van der Waals surface area contributed by atoms with Crippen molar-refractivity contribution in [3.8, 4) is 18.1 Å². The third kappa shape index (κ3) is 3.13. The van der Waals surface area contributed by atoms with E-state index in [4.69, 9.17) is 11.2 Å². The van der Waals surface area contributed by atoms with Crippen LogP contribution in [-0.4, -0.2) is 45.9 Å². The smallest absolute Gasteiger partial charge is 0.328 e.